The van der Waals surface area contributed by atoms with Crippen molar-refractivity contribution in [2.75, 3.05) is 13.1 Å². The van der Waals surface area contributed by atoms with Crippen LogP contribution in [-0.4, -0.2) is 36.0 Å². The Morgan fingerprint density at radius 1 is 1.16 bits per heavy atom. The Balaban J connectivity index is 1.72. The lowest BCUT2D eigenvalue weighted by molar-refractivity contribution is -0.130. The van der Waals surface area contributed by atoms with Gasteiger partial charge in [-0.3, -0.25) is 4.79 Å². The maximum atomic E-state index is 12.2. The minimum atomic E-state index is 0.297. The first kappa shape index (κ1) is 14.8. The van der Waals surface area contributed by atoms with Crippen molar-refractivity contribution in [2.45, 2.75) is 77.3 Å². The van der Waals surface area contributed by atoms with E-state index in [1.165, 1.54) is 51.4 Å². The van der Waals surface area contributed by atoms with E-state index in [1.54, 1.807) is 0 Å². The third-order valence-electron chi connectivity index (χ3n) is 4.83. The van der Waals surface area contributed by atoms with Crippen LogP contribution in [0.15, 0.2) is 0 Å². The summed E-state index contributed by atoms with van der Waals surface area (Å²) in [7, 11) is 0. The molecule has 0 radical (unpaired) electrons. The number of rotatable bonds is 6. The molecule has 110 valence electrons. The van der Waals surface area contributed by atoms with Gasteiger partial charge in [0.1, 0.15) is 0 Å². The van der Waals surface area contributed by atoms with Gasteiger partial charge in [0.25, 0.3) is 0 Å². The Morgan fingerprint density at radius 3 is 2.32 bits per heavy atom. The van der Waals surface area contributed by atoms with E-state index in [1.807, 2.05) is 4.90 Å². The van der Waals surface area contributed by atoms with Gasteiger partial charge in [-0.15, -0.1) is 0 Å². The highest BCUT2D eigenvalue weighted by atomic mass is 16.2. The molecule has 0 aliphatic heterocycles. The predicted molar refractivity (Wildman–Crippen MR) is 79.1 cm³/mol. The average Bonchev–Trinajstić information content (AvgIpc) is 3.23. The fraction of sp³-hybridized carbons (Fsp3) is 0.938. The fourth-order valence-corrected chi connectivity index (χ4v) is 3.35. The minimum absolute atomic E-state index is 0.297. The molecule has 0 spiro atoms. The molecule has 0 aromatic rings. The van der Waals surface area contributed by atoms with E-state index in [0.29, 0.717) is 24.5 Å². The van der Waals surface area contributed by atoms with E-state index in [2.05, 4.69) is 19.2 Å². The smallest absolute Gasteiger partial charge is 0.236 e. The first-order valence-electron chi connectivity index (χ1n) is 8.25. The normalized spacial score (nSPS) is 22.8. The Labute approximate surface area is 118 Å². The largest absolute Gasteiger partial charge is 0.339 e. The van der Waals surface area contributed by atoms with Gasteiger partial charge in [-0.2, -0.15) is 0 Å². The molecular formula is C16H30N2O. The van der Waals surface area contributed by atoms with Gasteiger partial charge >= 0.3 is 0 Å². The molecule has 1 atom stereocenters. The number of carbonyl (C=O) groups is 1. The van der Waals surface area contributed by atoms with Crippen LogP contribution in [0.1, 0.15) is 65.2 Å². The summed E-state index contributed by atoms with van der Waals surface area (Å²) in [5, 5.41) is 3.49. The monoisotopic (exact) mass is 266 g/mol. The highest BCUT2D eigenvalue weighted by molar-refractivity contribution is 5.78. The molecule has 3 nitrogen and oxygen atoms in total. The second kappa shape index (κ2) is 7.28. The van der Waals surface area contributed by atoms with Crippen molar-refractivity contribution in [3.8, 4) is 0 Å². The lowest BCUT2D eigenvalue weighted by atomic mass is 9.93. The van der Waals surface area contributed by atoms with Gasteiger partial charge in [0.05, 0.1) is 6.54 Å². The molecule has 2 aliphatic carbocycles. The Hall–Kier alpha value is -0.570. The quantitative estimate of drug-likeness (QED) is 0.750. The number of nitrogens with one attached hydrogen (secondary N) is 1. The highest BCUT2D eigenvalue weighted by Gasteiger charge is 2.31. The van der Waals surface area contributed by atoms with Gasteiger partial charge in [-0.05, 0) is 45.4 Å². The summed E-state index contributed by atoms with van der Waals surface area (Å²) in [6.45, 7) is 5.74. The zero-order chi connectivity index (χ0) is 13.7. The van der Waals surface area contributed by atoms with Crippen molar-refractivity contribution in [1.29, 1.82) is 0 Å². The van der Waals surface area contributed by atoms with E-state index in [9.17, 15) is 4.79 Å². The molecule has 2 rings (SSSR count). The molecule has 1 N–H and O–H groups in total. The van der Waals surface area contributed by atoms with Gasteiger partial charge in [0, 0.05) is 18.6 Å². The van der Waals surface area contributed by atoms with Crippen LogP contribution in [-0.2, 0) is 4.79 Å². The van der Waals surface area contributed by atoms with E-state index in [4.69, 9.17) is 0 Å². The van der Waals surface area contributed by atoms with E-state index in [0.717, 1.165) is 12.5 Å². The van der Waals surface area contributed by atoms with Crippen LogP contribution >= 0.6 is 0 Å². The van der Waals surface area contributed by atoms with Crippen molar-refractivity contribution >= 4 is 5.91 Å². The molecule has 1 amide bonds. The highest BCUT2D eigenvalue weighted by Crippen LogP contribution is 2.27. The summed E-state index contributed by atoms with van der Waals surface area (Å²) in [5.41, 5.74) is 0. The molecule has 0 unspecified atom stereocenters. The molecule has 0 aromatic heterocycles. The van der Waals surface area contributed by atoms with Gasteiger partial charge in [0.15, 0.2) is 0 Å². The molecular weight excluding hydrogens is 236 g/mol. The number of nitrogens with zero attached hydrogens (tertiary/aromatic N) is 1. The van der Waals surface area contributed by atoms with Crippen LogP contribution in [0.25, 0.3) is 0 Å². The maximum Gasteiger partial charge on any atom is 0.236 e. The topological polar surface area (TPSA) is 32.3 Å². The summed E-state index contributed by atoms with van der Waals surface area (Å²) >= 11 is 0. The Bertz CT molecular complexity index is 280. The average molecular weight is 266 g/mol. The number of hydrogen-bond acceptors (Lipinski definition) is 2. The molecule has 0 heterocycles. The van der Waals surface area contributed by atoms with Gasteiger partial charge in [-0.1, -0.05) is 25.7 Å². The van der Waals surface area contributed by atoms with Crippen LogP contribution in [0.5, 0.6) is 0 Å². The van der Waals surface area contributed by atoms with E-state index in [-0.39, 0.29) is 0 Å². The number of carbonyl (C=O) groups excluding carboxylic acids is 1. The lowest BCUT2D eigenvalue weighted by Crippen LogP contribution is -2.43. The molecule has 0 aromatic carbocycles. The Morgan fingerprint density at radius 2 is 1.79 bits per heavy atom. The zero-order valence-corrected chi connectivity index (χ0v) is 12.7. The molecule has 2 aliphatic rings. The molecule has 0 bridgehead atoms. The van der Waals surface area contributed by atoms with Gasteiger partial charge in [0.2, 0.25) is 5.91 Å². The summed E-state index contributed by atoms with van der Waals surface area (Å²) in [4.78, 5) is 14.2. The van der Waals surface area contributed by atoms with Crippen molar-refractivity contribution in [3.05, 3.63) is 0 Å². The number of amides is 1. The summed E-state index contributed by atoms with van der Waals surface area (Å²) < 4.78 is 0. The minimum Gasteiger partial charge on any atom is -0.339 e. The SMILES string of the molecule is CCN(C(=O)CN[C@H](C)C1CCCCCC1)C1CC1. The van der Waals surface area contributed by atoms with Gasteiger partial charge < -0.3 is 10.2 Å². The maximum absolute atomic E-state index is 12.2. The molecule has 3 heteroatoms. The first-order valence-corrected chi connectivity index (χ1v) is 8.25. The number of likely N-dealkylation sites (N-methyl/N-ethyl adjacent to an activating group) is 1. The third kappa shape index (κ3) is 4.48. The summed E-state index contributed by atoms with van der Waals surface area (Å²) in [5.74, 6) is 1.07. The van der Waals surface area contributed by atoms with Crippen LogP contribution < -0.4 is 5.32 Å². The molecule has 0 saturated heterocycles. The van der Waals surface area contributed by atoms with Crippen molar-refractivity contribution in [2.24, 2.45) is 5.92 Å². The molecule has 2 fully saturated rings. The van der Waals surface area contributed by atoms with Crippen molar-refractivity contribution < 1.29 is 4.79 Å². The molecule has 19 heavy (non-hydrogen) atoms. The lowest BCUT2D eigenvalue weighted by Gasteiger charge is -2.26. The predicted octanol–water partition coefficient (Wildman–Crippen LogP) is 2.95. The van der Waals surface area contributed by atoms with Crippen molar-refractivity contribution in [1.82, 2.24) is 10.2 Å². The summed E-state index contributed by atoms with van der Waals surface area (Å²) in [6, 6.07) is 1.03. The van der Waals surface area contributed by atoms with Crippen LogP contribution in [0.3, 0.4) is 0 Å². The summed E-state index contributed by atoms with van der Waals surface area (Å²) in [6.07, 6.45) is 10.6. The third-order valence-corrected chi connectivity index (χ3v) is 4.83. The Kier molecular flexibility index (Phi) is 5.68. The van der Waals surface area contributed by atoms with E-state index >= 15 is 0 Å². The van der Waals surface area contributed by atoms with Gasteiger partial charge in [-0.25, -0.2) is 0 Å². The second-order valence-corrected chi connectivity index (χ2v) is 6.33. The van der Waals surface area contributed by atoms with Crippen molar-refractivity contribution in [3.63, 3.8) is 0 Å². The van der Waals surface area contributed by atoms with Crippen LogP contribution in [0, 0.1) is 5.92 Å². The molecule has 2 saturated carbocycles. The second-order valence-electron chi connectivity index (χ2n) is 6.33. The number of hydrogen-bond donors (Lipinski definition) is 1. The fourth-order valence-electron chi connectivity index (χ4n) is 3.35. The van der Waals surface area contributed by atoms with Crippen LogP contribution in [0.2, 0.25) is 0 Å². The zero-order valence-electron chi connectivity index (χ0n) is 12.7. The standard InChI is InChI=1S/C16H30N2O/c1-3-18(15-10-11-15)16(19)12-17-13(2)14-8-6-4-5-7-9-14/h13-15,17H,3-12H2,1-2H3/t13-/m1/s1. The first-order chi connectivity index (χ1) is 9.22. The van der Waals surface area contributed by atoms with E-state index < -0.39 is 0 Å². The van der Waals surface area contributed by atoms with Crippen LogP contribution in [0.4, 0.5) is 0 Å².